The minimum absolute atomic E-state index is 0.0122. The highest BCUT2D eigenvalue weighted by atomic mass is 32.2. The van der Waals surface area contributed by atoms with Crippen molar-refractivity contribution in [3.63, 3.8) is 0 Å². The van der Waals surface area contributed by atoms with E-state index in [1.807, 2.05) is 0 Å². The number of carbonyl (C=O) groups is 1. The fraction of sp³-hybridized carbons (Fsp3) is 0.435. The molecule has 2 aromatic carbocycles. The van der Waals surface area contributed by atoms with Crippen molar-refractivity contribution in [3.8, 4) is 5.75 Å². The van der Waals surface area contributed by atoms with Gasteiger partial charge in [-0.3, -0.25) is 4.79 Å². The standard InChI is InChI=1S/C23H29FN2O4S/c1-16-14-21(31(28,29)26-20-6-4-3-5-7-20)12-13-22(16)30-15-23(27)25-17(2)18-8-10-19(24)11-9-18/h8-14,17,20,26H,3-7,15H2,1-2H3,(H,25,27). The first-order valence-corrected chi connectivity index (χ1v) is 12.0. The first-order valence-electron chi connectivity index (χ1n) is 10.6. The smallest absolute Gasteiger partial charge is 0.258 e. The van der Waals surface area contributed by atoms with Crippen LogP contribution in [0.5, 0.6) is 5.75 Å². The lowest BCUT2D eigenvalue weighted by atomic mass is 9.96. The van der Waals surface area contributed by atoms with E-state index in [1.54, 1.807) is 38.1 Å². The summed E-state index contributed by atoms with van der Waals surface area (Å²) in [6, 6.07) is 10.2. The van der Waals surface area contributed by atoms with Crippen LogP contribution in [0, 0.1) is 12.7 Å². The first-order chi connectivity index (χ1) is 14.7. The summed E-state index contributed by atoms with van der Waals surface area (Å²) < 4.78 is 46.7. The molecule has 2 N–H and O–H groups in total. The monoisotopic (exact) mass is 448 g/mol. The predicted molar refractivity (Wildman–Crippen MR) is 117 cm³/mol. The van der Waals surface area contributed by atoms with Crippen LogP contribution in [-0.4, -0.2) is 27.0 Å². The van der Waals surface area contributed by atoms with Crippen molar-refractivity contribution in [1.82, 2.24) is 10.0 Å². The predicted octanol–water partition coefficient (Wildman–Crippen LogP) is 4.00. The molecule has 0 aliphatic heterocycles. The number of amides is 1. The highest BCUT2D eigenvalue weighted by molar-refractivity contribution is 7.89. The maximum atomic E-state index is 13.0. The van der Waals surface area contributed by atoms with E-state index in [2.05, 4.69) is 10.0 Å². The van der Waals surface area contributed by atoms with Crippen LogP contribution in [0.15, 0.2) is 47.4 Å². The molecule has 1 aliphatic carbocycles. The topological polar surface area (TPSA) is 84.5 Å². The van der Waals surface area contributed by atoms with Gasteiger partial charge >= 0.3 is 0 Å². The summed E-state index contributed by atoms with van der Waals surface area (Å²) >= 11 is 0. The van der Waals surface area contributed by atoms with Gasteiger partial charge < -0.3 is 10.1 Å². The molecule has 8 heteroatoms. The van der Waals surface area contributed by atoms with Crippen LogP contribution in [0.25, 0.3) is 0 Å². The van der Waals surface area contributed by atoms with Gasteiger partial charge in [0.15, 0.2) is 6.61 Å². The Hall–Kier alpha value is -2.45. The first kappa shape index (κ1) is 23.2. The van der Waals surface area contributed by atoms with E-state index < -0.39 is 10.0 Å². The van der Waals surface area contributed by atoms with Gasteiger partial charge in [-0.05, 0) is 68.1 Å². The molecule has 31 heavy (non-hydrogen) atoms. The normalized spacial score (nSPS) is 16.0. The van der Waals surface area contributed by atoms with E-state index in [0.717, 1.165) is 37.7 Å². The third-order valence-electron chi connectivity index (χ3n) is 5.49. The molecule has 0 radical (unpaired) electrons. The van der Waals surface area contributed by atoms with Crippen LogP contribution in [0.2, 0.25) is 0 Å². The van der Waals surface area contributed by atoms with Gasteiger partial charge in [0, 0.05) is 6.04 Å². The Morgan fingerprint density at radius 2 is 1.81 bits per heavy atom. The van der Waals surface area contributed by atoms with Crippen LogP contribution in [0.1, 0.15) is 56.2 Å². The van der Waals surface area contributed by atoms with E-state index in [1.165, 1.54) is 18.2 Å². The number of ether oxygens (including phenoxy) is 1. The molecule has 1 amide bonds. The number of hydrogen-bond donors (Lipinski definition) is 2. The van der Waals surface area contributed by atoms with Crippen molar-refractivity contribution < 1.29 is 22.3 Å². The highest BCUT2D eigenvalue weighted by Crippen LogP contribution is 2.24. The number of carbonyl (C=O) groups excluding carboxylic acids is 1. The zero-order valence-corrected chi connectivity index (χ0v) is 18.7. The van der Waals surface area contributed by atoms with Crippen LogP contribution >= 0.6 is 0 Å². The maximum absolute atomic E-state index is 13.0. The van der Waals surface area contributed by atoms with Gasteiger partial charge in [-0.2, -0.15) is 0 Å². The van der Waals surface area contributed by atoms with E-state index in [9.17, 15) is 17.6 Å². The Kier molecular flexibility index (Phi) is 7.67. The summed E-state index contributed by atoms with van der Waals surface area (Å²) in [4.78, 5) is 12.4. The second-order valence-electron chi connectivity index (χ2n) is 8.01. The van der Waals surface area contributed by atoms with E-state index in [0.29, 0.717) is 11.3 Å². The van der Waals surface area contributed by atoms with Crippen LogP contribution in [-0.2, 0) is 14.8 Å². The van der Waals surface area contributed by atoms with Crippen molar-refractivity contribution in [3.05, 3.63) is 59.4 Å². The van der Waals surface area contributed by atoms with Gasteiger partial charge in [0.2, 0.25) is 10.0 Å². The van der Waals surface area contributed by atoms with E-state index in [4.69, 9.17) is 4.74 Å². The maximum Gasteiger partial charge on any atom is 0.258 e. The van der Waals surface area contributed by atoms with Crippen molar-refractivity contribution in [2.24, 2.45) is 0 Å². The number of sulfonamides is 1. The number of hydrogen-bond acceptors (Lipinski definition) is 4. The molecule has 0 bridgehead atoms. The second-order valence-corrected chi connectivity index (χ2v) is 9.73. The Labute approximate surface area is 183 Å². The molecule has 1 unspecified atom stereocenters. The Bertz CT molecular complexity index is 1000. The molecule has 1 saturated carbocycles. The molecule has 1 fully saturated rings. The Balaban J connectivity index is 1.56. The van der Waals surface area contributed by atoms with Gasteiger partial charge in [0.25, 0.3) is 5.91 Å². The quantitative estimate of drug-likeness (QED) is 0.639. The Morgan fingerprint density at radius 1 is 1.13 bits per heavy atom. The molecule has 0 spiro atoms. The van der Waals surface area contributed by atoms with Crippen LogP contribution < -0.4 is 14.8 Å². The SMILES string of the molecule is Cc1cc(S(=O)(=O)NC2CCCCC2)ccc1OCC(=O)NC(C)c1ccc(F)cc1. The lowest BCUT2D eigenvalue weighted by Gasteiger charge is -2.22. The molecule has 2 aromatic rings. The highest BCUT2D eigenvalue weighted by Gasteiger charge is 2.22. The molecular weight excluding hydrogens is 419 g/mol. The number of nitrogens with one attached hydrogen (secondary N) is 2. The van der Waals surface area contributed by atoms with Gasteiger partial charge in [-0.1, -0.05) is 31.4 Å². The van der Waals surface area contributed by atoms with Gasteiger partial charge in [-0.25, -0.2) is 17.5 Å². The number of benzene rings is 2. The fourth-order valence-electron chi connectivity index (χ4n) is 3.72. The zero-order valence-electron chi connectivity index (χ0n) is 17.9. The number of rotatable bonds is 8. The van der Waals surface area contributed by atoms with Gasteiger partial charge in [0.05, 0.1) is 10.9 Å². The van der Waals surface area contributed by atoms with Crippen molar-refractivity contribution in [1.29, 1.82) is 0 Å². The third-order valence-corrected chi connectivity index (χ3v) is 7.01. The largest absolute Gasteiger partial charge is 0.484 e. The molecule has 168 valence electrons. The van der Waals surface area contributed by atoms with Gasteiger partial charge in [0.1, 0.15) is 11.6 Å². The van der Waals surface area contributed by atoms with Gasteiger partial charge in [-0.15, -0.1) is 0 Å². The minimum Gasteiger partial charge on any atom is -0.484 e. The number of aryl methyl sites for hydroxylation is 1. The summed E-state index contributed by atoms with van der Waals surface area (Å²) in [6.45, 7) is 3.34. The summed E-state index contributed by atoms with van der Waals surface area (Å²) in [6.07, 6.45) is 4.97. The van der Waals surface area contributed by atoms with Crippen molar-refractivity contribution >= 4 is 15.9 Å². The minimum atomic E-state index is -3.59. The van der Waals surface area contributed by atoms with E-state index in [-0.39, 0.29) is 35.3 Å². The average molecular weight is 449 g/mol. The number of halogens is 1. The lowest BCUT2D eigenvalue weighted by molar-refractivity contribution is -0.123. The summed E-state index contributed by atoms with van der Waals surface area (Å²) in [5.41, 5.74) is 1.41. The summed E-state index contributed by atoms with van der Waals surface area (Å²) in [5, 5.41) is 2.79. The lowest BCUT2D eigenvalue weighted by Crippen LogP contribution is -2.36. The third kappa shape index (κ3) is 6.51. The van der Waals surface area contributed by atoms with Crippen LogP contribution in [0.4, 0.5) is 4.39 Å². The molecule has 1 atom stereocenters. The molecular formula is C23H29FN2O4S. The molecule has 3 rings (SSSR count). The Morgan fingerprint density at radius 3 is 2.45 bits per heavy atom. The molecule has 0 saturated heterocycles. The van der Waals surface area contributed by atoms with Crippen molar-refractivity contribution in [2.45, 2.75) is 62.9 Å². The van der Waals surface area contributed by atoms with E-state index >= 15 is 0 Å². The molecule has 1 aliphatic rings. The zero-order chi connectivity index (χ0) is 22.4. The van der Waals surface area contributed by atoms with Crippen molar-refractivity contribution in [2.75, 3.05) is 6.61 Å². The van der Waals surface area contributed by atoms with Crippen LogP contribution in [0.3, 0.4) is 0 Å². The summed E-state index contributed by atoms with van der Waals surface area (Å²) in [5.74, 6) is -0.214. The second kappa shape index (κ2) is 10.2. The summed E-state index contributed by atoms with van der Waals surface area (Å²) in [7, 11) is -3.59. The fourth-order valence-corrected chi connectivity index (χ4v) is 5.11. The average Bonchev–Trinajstić information content (AvgIpc) is 2.73. The molecule has 0 heterocycles. The molecule has 6 nitrogen and oxygen atoms in total. The molecule has 0 aromatic heterocycles.